The molecule has 148 valence electrons. The molecule has 3 aliphatic heterocycles. The lowest BCUT2D eigenvalue weighted by Gasteiger charge is -2.27. The highest BCUT2D eigenvalue weighted by atomic mass is 16.5. The Balaban J connectivity index is 1.86. The molecule has 2 atom stereocenters. The van der Waals surface area contributed by atoms with E-state index in [1.54, 1.807) is 0 Å². The van der Waals surface area contributed by atoms with E-state index < -0.39 is 6.04 Å². The minimum Gasteiger partial charge on any atom is -0.463 e. The van der Waals surface area contributed by atoms with Crippen LogP contribution in [0.15, 0.2) is 89.4 Å². The molecule has 0 amide bonds. The van der Waals surface area contributed by atoms with Gasteiger partial charge in [0, 0.05) is 17.8 Å². The Labute approximate surface area is 175 Å². The smallest absolute Gasteiger partial charge is 0.338 e. The van der Waals surface area contributed by atoms with Crippen LogP contribution in [0.4, 0.5) is 5.69 Å². The molecule has 0 aromatic heterocycles. The van der Waals surface area contributed by atoms with Crippen LogP contribution in [-0.2, 0) is 9.53 Å². The molecule has 0 fully saturated rings. The summed E-state index contributed by atoms with van der Waals surface area (Å²) in [6, 6.07) is 26.0. The molecule has 3 aliphatic rings. The van der Waals surface area contributed by atoms with E-state index in [9.17, 15) is 4.79 Å². The van der Waals surface area contributed by atoms with Crippen molar-refractivity contribution in [2.45, 2.75) is 18.9 Å². The number of fused-ring (bicyclic) bond motifs is 1. The predicted octanol–water partition coefficient (Wildman–Crippen LogP) is 5.34. The third-order valence-corrected chi connectivity index (χ3v) is 5.67. The maximum atomic E-state index is 13.3. The topological polar surface area (TPSA) is 50.7 Å². The average Bonchev–Trinajstić information content (AvgIpc) is 2.89. The first-order valence-electron chi connectivity index (χ1n) is 10.2. The summed E-state index contributed by atoms with van der Waals surface area (Å²) < 4.78 is 5.51. The molecule has 3 heterocycles. The van der Waals surface area contributed by atoms with Crippen molar-refractivity contribution in [3.05, 3.63) is 107 Å². The lowest BCUT2D eigenvalue weighted by Crippen LogP contribution is -2.21. The maximum absolute atomic E-state index is 13.3. The number of carbonyl (C=O) groups is 1. The Bertz CT molecular complexity index is 1160. The SMILES string of the molecule is CCOC(=O)/C1=C(\c2ccccc2)Nc2ccccc2[C@H]2C=N[C@@H]1c1ccccc12. The molecule has 6 rings (SSSR count). The van der Waals surface area contributed by atoms with Crippen molar-refractivity contribution in [2.24, 2.45) is 4.99 Å². The molecule has 0 saturated heterocycles. The number of nitrogens with one attached hydrogen (secondary N) is 1. The van der Waals surface area contributed by atoms with Crippen LogP contribution >= 0.6 is 0 Å². The van der Waals surface area contributed by atoms with Gasteiger partial charge in [-0.05, 0) is 35.2 Å². The molecule has 2 bridgehead atoms. The number of carbonyl (C=O) groups excluding carboxylic acids is 1. The molecule has 0 spiro atoms. The highest BCUT2D eigenvalue weighted by Gasteiger charge is 2.35. The lowest BCUT2D eigenvalue weighted by atomic mass is 9.82. The van der Waals surface area contributed by atoms with Crippen LogP contribution in [0, 0.1) is 0 Å². The van der Waals surface area contributed by atoms with Gasteiger partial charge < -0.3 is 10.1 Å². The van der Waals surface area contributed by atoms with Gasteiger partial charge in [0.15, 0.2) is 0 Å². The Kier molecular flexibility index (Phi) is 4.68. The van der Waals surface area contributed by atoms with Gasteiger partial charge in [-0.3, -0.25) is 4.99 Å². The van der Waals surface area contributed by atoms with Gasteiger partial charge in [-0.2, -0.15) is 0 Å². The zero-order valence-electron chi connectivity index (χ0n) is 16.7. The van der Waals surface area contributed by atoms with Crippen LogP contribution in [0.1, 0.15) is 41.1 Å². The highest BCUT2D eigenvalue weighted by molar-refractivity contribution is 6.03. The molecule has 3 aromatic rings. The van der Waals surface area contributed by atoms with Gasteiger partial charge in [-0.1, -0.05) is 72.8 Å². The summed E-state index contributed by atoms with van der Waals surface area (Å²) in [5.74, 6) is -0.321. The van der Waals surface area contributed by atoms with Gasteiger partial charge in [-0.25, -0.2) is 4.79 Å². The zero-order chi connectivity index (χ0) is 20.5. The molecular formula is C26H22N2O2. The predicted molar refractivity (Wildman–Crippen MR) is 120 cm³/mol. The fraction of sp³-hybridized carbons (Fsp3) is 0.154. The second-order valence-electron chi connectivity index (χ2n) is 7.39. The first kappa shape index (κ1) is 18.4. The summed E-state index contributed by atoms with van der Waals surface area (Å²) in [5.41, 5.74) is 6.50. The molecule has 0 saturated carbocycles. The molecule has 0 unspecified atom stereocenters. The fourth-order valence-electron chi connectivity index (χ4n) is 4.33. The van der Waals surface area contributed by atoms with E-state index >= 15 is 0 Å². The number of nitrogens with zero attached hydrogens (tertiary/aromatic N) is 1. The summed E-state index contributed by atoms with van der Waals surface area (Å²) in [5, 5.41) is 3.58. The van der Waals surface area contributed by atoms with Crippen LogP contribution in [-0.4, -0.2) is 18.8 Å². The molecule has 0 aliphatic carbocycles. The lowest BCUT2D eigenvalue weighted by molar-refractivity contribution is -0.138. The minimum atomic E-state index is -0.423. The van der Waals surface area contributed by atoms with Crippen LogP contribution in [0.3, 0.4) is 0 Å². The summed E-state index contributed by atoms with van der Waals surface area (Å²) in [6.07, 6.45) is 1.97. The third kappa shape index (κ3) is 3.01. The Hall–Kier alpha value is -3.66. The van der Waals surface area contributed by atoms with E-state index in [1.165, 1.54) is 5.56 Å². The molecule has 4 nitrogen and oxygen atoms in total. The Morgan fingerprint density at radius 1 is 0.900 bits per heavy atom. The minimum absolute atomic E-state index is 0.0275. The van der Waals surface area contributed by atoms with Crippen LogP contribution < -0.4 is 5.32 Å². The number of para-hydroxylation sites is 1. The molecule has 30 heavy (non-hydrogen) atoms. The number of anilines is 1. The largest absolute Gasteiger partial charge is 0.463 e. The van der Waals surface area contributed by atoms with E-state index in [2.05, 4.69) is 29.6 Å². The van der Waals surface area contributed by atoms with Gasteiger partial charge >= 0.3 is 5.97 Å². The average molecular weight is 394 g/mol. The van der Waals surface area contributed by atoms with Crippen molar-refractivity contribution in [1.82, 2.24) is 0 Å². The Morgan fingerprint density at radius 2 is 1.57 bits per heavy atom. The quantitative estimate of drug-likeness (QED) is 0.610. The van der Waals surface area contributed by atoms with Crippen LogP contribution in [0.5, 0.6) is 0 Å². The van der Waals surface area contributed by atoms with Gasteiger partial charge in [0.25, 0.3) is 0 Å². The van der Waals surface area contributed by atoms with E-state index in [0.29, 0.717) is 12.2 Å². The summed E-state index contributed by atoms with van der Waals surface area (Å²) in [6.45, 7) is 2.13. The summed E-state index contributed by atoms with van der Waals surface area (Å²) >= 11 is 0. The first-order valence-corrected chi connectivity index (χ1v) is 10.2. The second kappa shape index (κ2) is 7.64. The van der Waals surface area contributed by atoms with Crippen molar-refractivity contribution in [1.29, 1.82) is 0 Å². The standard InChI is InChI=1S/C26H22N2O2/c1-2-30-26(29)23-24(17-10-4-3-5-11-17)28-22-15-9-8-13-19(22)21-16-27-25(23)20-14-7-6-12-18(20)21/h3-16,21,25,28H,2H2,1H3/b24-23+/t21-,25+/m0/s1. The second-order valence-corrected chi connectivity index (χ2v) is 7.39. The van der Waals surface area contributed by atoms with Crippen LogP contribution in [0.2, 0.25) is 0 Å². The Morgan fingerprint density at radius 3 is 2.33 bits per heavy atom. The van der Waals surface area contributed by atoms with Crippen LogP contribution in [0.25, 0.3) is 5.70 Å². The number of aliphatic imine (C=N–C) groups is 1. The van der Waals surface area contributed by atoms with E-state index in [0.717, 1.165) is 28.1 Å². The van der Waals surface area contributed by atoms with E-state index in [-0.39, 0.29) is 11.9 Å². The summed E-state index contributed by atoms with van der Waals surface area (Å²) in [4.78, 5) is 18.2. The van der Waals surface area contributed by atoms with Crippen molar-refractivity contribution in [3.8, 4) is 0 Å². The van der Waals surface area contributed by atoms with Gasteiger partial charge in [-0.15, -0.1) is 0 Å². The summed E-state index contributed by atoms with van der Waals surface area (Å²) in [7, 11) is 0. The molecule has 3 aromatic carbocycles. The molecule has 1 N–H and O–H groups in total. The number of ether oxygens (including phenoxy) is 1. The van der Waals surface area contributed by atoms with Crippen molar-refractivity contribution in [2.75, 3.05) is 11.9 Å². The molecule has 0 radical (unpaired) electrons. The van der Waals surface area contributed by atoms with Gasteiger partial charge in [0.05, 0.1) is 17.9 Å². The molecular weight excluding hydrogens is 372 g/mol. The number of hydrogen-bond acceptors (Lipinski definition) is 4. The number of hydrogen-bond donors (Lipinski definition) is 1. The monoisotopic (exact) mass is 394 g/mol. The third-order valence-electron chi connectivity index (χ3n) is 5.67. The maximum Gasteiger partial charge on any atom is 0.338 e. The highest BCUT2D eigenvalue weighted by Crippen LogP contribution is 2.45. The first-order chi connectivity index (χ1) is 14.8. The number of rotatable bonds is 3. The number of benzene rings is 3. The van der Waals surface area contributed by atoms with E-state index in [1.807, 2.05) is 67.7 Å². The van der Waals surface area contributed by atoms with Crippen molar-refractivity contribution in [3.63, 3.8) is 0 Å². The van der Waals surface area contributed by atoms with Crippen molar-refractivity contribution < 1.29 is 9.53 Å². The normalized spacial score (nSPS) is 21.5. The zero-order valence-corrected chi connectivity index (χ0v) is 16.7. The number of esters is 1. The van der Waals surface area contributed by atoms with Gasteiger partial charge in [0.1, 0.15) is 6.04 Å². The van der Waals surface area contributed by atoms with Gasteiger partial charge in [0.2, 0.25) is 0 Å². The molecule has 4 heteroatoms. The fourth-order valence-corrected chi connectivity index (χ4v) is 4.33. The van der Waals surface area contributed by atoms with E-state index in [4.69, 9.17) is 9.73 Å². The van der Waals surface area contributed by atoms with Crippen molar-refractivity contribution >= 4 is 23.6 Å².